The molecule has 1 aromatic rings. The second kappa shape index (κ2) is 9.58. The first-order valence-corrected chi connectivity index (χ1v) is 10.2. The van der Waals surface area contributed by atoms with Crippen molar-refractivity contribution in [2.75, 3.05) is 13.2 Å². The van der Waals surface area contributed by atoms with Gasteiger partial charge in [-0.2, -0.15) is 0 Å². The fourth-order valence-electron chi connectivity index (χ4n) is 2.71. The molecule has 0 heterocycles. The summed E-state index contributed by atoms with van der Waals surface area (Å²) in [7, 11) is 0. The highest BCUT2D eigenvalue weighted by molar-refractivity contribution is 6.06. The van der Waals surface area contributed by atoms with E-state index in [-0.39, 0.29) is 24.0 Å². The molecule has 0 saturated carbocycles. The van der Waals surface area contributed by atoms with Crippen molar-refractivity contribution in [1.29, 1.82) is 0 Å². The minimum atomic E-state index is -1.44. The summed E-state index contributed by atoms with van der Waals surface area (Å²) < 4.78 is 11.3. The number of benzene rings is 1. The predicted molar refractivity (Wildman–Crippen MR) is 113 cm³/mol. The van der Waals surface area contributed by atoms with Crippen LogP contribution in [-0.2, 0) is 24.5 Å². The molecule has 0 aliphatic heterocycles. The SMILES string of the molecule is CC(C)CCC(C(=O)OCC(C)(C)C)(C(=O)OCC(C)(C)C)c1ccccc1. The maximum absolute atomic E-state index is 13.4. The molecule has 0 saturated heterocycles. The lowest BCUT2D eigenvalue weighted by Crippen LogP contribution is -2.47. The van der Waals surface area contributed by atoms with E-state index in [0.29, 0.717) is 24.3 Å². The van der Waals surface area contributed by atoms with Gasteiger partial charge in [-0.25, -0.2) is 0 Å². The van der Waals surface area contributed by atoms with Crippen LogP contribution in [0.1, 0.15) is 73.8 Å². The van der Waals surface area contributed by atoms with E-state index < -0.39 is 17.4 Å². The Morgan fingerprint density at radius 2 is 1.25 bits per heavy atom. The number of carbonyl (C=O) groups excluding carboxylic acids is 2. The summed E-state index contributed by atoms with van der Waals surface area (Å²) in [5.41, 5.74) is -1.19. The number of carbonyl (C=O) groups is 2. The average Bonchev–Trinajstić information content (AvgIpc) is 2.58. The fraction of sp³-hybridized carbons (Fsp3) is 0.667. The Bertz CT molecular complexity index is 603. The van der Waals surface area contributed by atoms with E-state index in [1.807, 2.05) is 71.9 Å². The van der Waals surface area contributed by atoms with E-state index in [1.54, 1.807) is 0 Å². The fourth-order valence-corrected chi connectivity index (χ4v) is 2.71. The molecule has 0 aromatic heterocycles. The van der Waals surface area contributed by atoms with Crippen LogP contribution in [-0.4, -0.2) is 25.2 Å². The van der Waals surface area contributed by atoms with Gasteiger partial charge in [-0.05, 0) is 35.2 Å². The third-order valence-electron chi connectivity index (χ3n) is 4.33. The molecule has 0 aliphatic carbocycles. The summed E-state index contributed by atoms with van der Waals surface area (Å²) >= 11 is 0. The second-order valence-corrected chi connectivity index (χ2v) is 10.5. The molecule has 1 aromatic carbocycles. The normalized spacial score (nSPS) is 12.8. The molecule has 0 spiro atoms. The highest BCUT2D eigenvalue weighted by atomic mass is 16.6. The highest BCUT2D eigenvalue weighted by Crippen LogP contribution is 2.35. The van der Waals surface area contributed by atoms with Crippen molar-refractivity contribution < 1.29 is 19.1 Å². The van der Waals surface area contributed by atoms with Gasteiger partial charge in [-0.3, -0.25) is 9.59 Å². The van der Waals surface area contributed by atoms with Gasteiger partial charge in [0.1, 0.15) is 0 Å². The molecule has 0 bridgehead atoms. The standard InChI is InChI=1S/C24H38O4/c1-18(2)14-15-24(19-12-10-9-11-13-19,20(25)27-16-22(3,4)5)21(26)28-17-23(6,7)8/h9-13,18H,14-17H2,1-8H3. The van der Waals surface area contributed by atoms with Crippen molar-refractivity contribution in [3.63, 3.8) is 0 Å². The maximum Gasteiger partial charge on any atom is 0.328 e. The molecular weight excluding hydrogens is 352 g/mol. The molecule has 4 nitrogen and oxygen atoms in total. The Labute approximate surface area is 171 Å². The Kier molecular flexibility index (Phi) is 8.28. The zero-order valence-electron chi connectivity index (χ0n) is 18.9. The van der Waals surface area contributed by atoms with Crippen LogP contribution in [0, 0.1) is 16.7 Å². The van der Waals surface area contributed by atoms with Gasteiger partial charge in [-0.1, -0.05) is 85.7 Å². The summed E-state index contributed by atoms with van der Waals surface area (Å²) in [6.07, 6.45) is 1.07. The largest absolute Gasteiger partial charge is 0.464 e. The lowest BCUT2D eigenvalue weighted by atomic mass is 9.75. The summed E-state index contributed by atoms with van der Waals surface area (Å²) in [6, 6.07) is 9.19. The zero-order chi connectivity index (χ0) is 21.6. The predicted octanol–water partition coefficient (Wildman–Crippen LogP) is 5.54. The monoisotopic (exact) mass is 390 g/mol. The minimum Gasteiger partial charge on any atom is -0.464 e. The van der Waals surface area contributed by atoms with E-state index in [1.165, 1.54) is 0 Å². The lowest BCUT2D eigenvalue weighted by Gasteiger charge is -2.33. The Hall–Kier alpha value is -1.84. The molecule has 158 valence electrons. The summed E-state index contributed by atoms with van der Waals surface area (Å²) in [5, 5.41) is 0. The van der Waals surface area contributed by atoms with Crippen LogP contribution in [0.4, 0.5) is 0 Å². The molecule has 1 rings (SSSR count). The van der Waals surface area contributed by atoms with E-state index in [4.69, 9.17) is 9.47 Å². The van der Waals surface area contributed by atoms with Crippen LogP contribution in [0.15, 0.2) is 30.3 Å². The van der Waals surface area contributed by atoms with Gasteiger partial charge >= 0.3 is 11.9 Å². The van der Waals surface area contributed by atoms with E-state index in [2.05, 4.69) is 13.8 Å². The first-order valence-electron chi connectivity index (χ1n) is 10.2. The quantitative estimate of drug-likeness (QED) is 0.432. The summed E-state index contributed by atoms with van der Waals surface area (Å²) in [5.74, 6) is -0.699. The first kappa shape index (κ1) is 24.2. The topological polar surface area (TPSA) is 52.6 Å². The molecule has 0 atom stereocenters. The number of hydrogen-bond acceptors (Lipinski definition) is 4. The molecule has 0 N–H and O–H groups in total. The first-order chi connectivity index (χ1) is 12.8. The minimum absolute atomic E-state index is 0.189. The van der Waals surface area contributed by atoms with Gasteiger partial charge in [0.2, 0.25) is 0 Å². The number of rotatable bonds is 8. The Morgan fingerprint density at radius 1 is 0.821 bits per heavy atom. The van der Waals surface area contributed by atoms with Crippen LogP contribution < -0.4 is 0 Å². The molecule has 28 heavy (non-hydrogen) atoms. The van der Waals surface area contributed by atoms with E-state index in [9.17, 15) is 9.59 Å². The van der Waals surface area contributed by atoms with Gasteiger partial charge < -0.3 is 9.47 Å². The van der Waals surface area contributed by atoms with Crippen LogP contribution in [0.2, 0.25) is 0 Å². The zero-order valence-corrected chi connectivity index (χ0v) is 18.9. The Balaban J connectivity index is 3.36. The number of hydrogen-bond donors (Lipinski definition) is 0. The lowest BCUT2D eigenvalue weighted by molar-refractivity contribution is -0.169. The number of ether oxygens (including phenoxy) is 2. The van der Waals surface area contributed by atoms with Crippen LogP contribution in [0.25, 0.3) is 0 Å². The third-order valence-corrected chi connectivity index (χ3v) is 4.33. The molecule has 0 unspecified atom stereocenters. The van der Waals surface area contributed by atoms with Gasteiger partial charge in [0.25, 0.3) is 0 Å². The van der Waals surface area contributed by atoms with Crippen molar-refractivity contribution in [3.8, 4) is 0 Å². The molecule has 0 aliphatic rings. The second-order valence-electron chi connectivity index (χ2n) is 10.5. The summed E-state index contributed by atoms with van der Waals surface area (Å²) in [6.45, 7) is 16.6. The molecule has 0 radical (unpaired) electrons. The highest BCUT2D eigenvalue weighted by Gasteiger charge is 2.50. The maximum atomic E-state index is 13.4. The van der Waals surface area contributed by atoms with Gasteiger partial charge in [-0.15, -0.1) is 0 Å². The van der Waals surface area contributed by atoms with E-state index >= 15 is 0 Å². The molecule has 0 fully saturated rings. The van der Waals surface area contributed by atoms with Gasteiger partial charge in [0, 0.05) is 0 Å². The molecule has 0 amide bonds. The van der Waals surface area contributed by atoms with Crippen molar-refractivity contribution in [2.24, 2.45) is 16.7 Å². The van der Waals surface area contributed by atoms with Crippen LogP contribution in [0.3, 0.4) is 0 Å². The van der Waals surface area contributed by atoms with E-state index in [0.717, 1.165) is 0 Å². The van der Waals surface area contributed by atoms with Crippen molar-refractivity contribution >= 4 is 11.9 Å². The van der Waals surface area contributed by atoms with Gasteiger partial charge in [0.15, 0.2) is 5.41 Å². The van der Waals surface area contributed by atoms with Crippen molar-refractivity contribution in [2.45, 2.75) is 73.6 Å². The van der Waals surface area contributed by atoms with Crippen LogP contribution >= 0.6 is 0 Å². The molecular formula is C24H38O4. The number of esters is 2. The summed E-state index contributed by atoms with van der Waals surface area (Å²) in [4.78, 5) is 26.7. The smallest absolute Gasteiger partial charge is 0.328 e. The third kappa shape index (κ3) is 7.29. The van der Waals surface area contributed by atoms with Crippen LogP contribution in [0.5, 0.6) is 0 Å². The average molecular weight is 391 g/mol. The van der Waals surface area contributed by atoms with Crippen molar-refractivity contribution in [3.05, 3.63) is 35.9 Å². The Morgan fingerprint density at radius 3 is 1.61 bits per heavy atom. The van der Waals surface area contributed by atoms with Gasteiger partial charge in [0.05, 0.1) is 13.2 Å². The van der Waals surface area contributed by atoms with Crippen molar-refractivity contribution in [1.82, 2.24) is 0 Å². The molecule has 4 heteroatoms.